The first-order chi connectivity index (χ1) is 18.8. The van der Waals surface area contributed by atoms with Gasteiger partial charge in [0.05, 0.1) is 7.11 Å². The summed E-state index contributed by atoms with van der Waals surface area (Å²) in [4.78, 5) is 53.7. The van der Waals surface area contributed by atoms with Gasteiger partial charge < -0.3 is 30.1 Å². The van der Waals surface area contributed by atoms with Crippen molar-refractivity contribution in [2.24, 2.45) is 0 Å². The van der Waals surface area contributed by atoms with Gasteiger partial charge in [0.25, 0.3) is 0 Å². The summed E-state index contributed by atoms with van der Waals surface area (Å²) in [6, 6.07) is 2.65. The highest BCUT2D eigenvalue weighted by atomic mass is 32.2. The van der Waals surface area contributed by atoms with Crippen LogP contribution >= 0.6 is 11.8 Å². The first kappa shape index (κ1) is 35.1. The van der Waals surface area contributed by atoms with Crippen LogP contribution in [0.3, 0.4) is 0 Å². The minimum absolute atomic E-state index is 0.0550. The van der Waals surface area contributed by atoms with Crippen LogP contribution in [0, 0.1) is 6.92 Å². The summed E-state index contributed by atoms with van der Waals surface area (Å²) in [6.07, 6.45) is 6.13. The summed E-state index contributed by atoms with van der Waals surface area (Å²) in [5, 5.41) is 15.4. The molecule has 2 unspecified atom stereocenters. The average Bonchev–Trinajstić information content (AvgIpc) is 2.89. The predicted octanol–water partition coefficient (Wildman–Crippen LogP) is 4.48. The van der Waals surface area contributed by atoms with Gasteiger partial charge in [-0.15, -0.1) is 0 Å². The molecule has 0 saturated carbocycles. The van der Waals surface area contributed by atoms with Crippen LogP contribution in [-0.4, -0.2) is 77.7 Å². The molecule has 1 aromatic carbocycles. The number of aromatic hydroxyl groups is 1. The van der Waals surface area contributed by atoms with Crippen LogP contribution in [0.15, 0.2) is 18.2 Å². The molecule has 0 heterocycles. The molecule has 0 bridgehead atoms. The lowest BCUT2D eigenvalue weighted by atomic mass is 9.99. The summed E-state index contributed by atoms with van der Waals surface area (Å²) in [7, 11) is 1.22. The average molecular weight is 582 g/mol. The van der Waals surface area contributed by atoms with E-state index in [4.69, 9.17) is 4.74 Å². The van der Waals surface area contributed by atoms with Gasteiger partial charge in [-0.2, -0.15) is 11.8 Å². The van der Waals surface area contributed by atoms with E-state index in [9.17, 15) is 24.3 Å². The molecule has 2 atom stereocenters. The fourth-order valence-corrected chi connectivity index (χ4v) is 4.52. The number of alkyl carbamates (subject to hydrolysis) is 1. The smallest absolute Gasteiger partial charge is 0.408 e. The summed E-state index contributed by atoms with van der Waals surface area (Å²) in [6.45, 7) is 8.92. The molecule has 3 amide bonds. The van der Waals surface area contributed by atoms with Gasteiger partial charge in [0.15, 0.2) is 0 Å². The van der Waals surface area contributed by atoms with E-state index in [-0.39, 0.29) is 18.8 Å². The van der Waals surface area contributed by atoms with E-state index in [0.29, 0.717) is 29.7 Å². The Morgan fingerprint density at radius 2 is 1.77 bits per heavy atom. The number of benzene rings is 1. The molecule has 0 aliphatic rings. The molecule has 0 saturated heterocycles. The first-order valence-electron chi connectivity index (χ1n) is 13.8. The van der Waals surface area contributed by atoms with Gasteiger partial charge in [-0.05, 0) is 75.8 Å². The molecule has 0 aliphatic carbocycles. The second-order valence-corrected chi connectivity index (χ2v) is 11.7. The quantitative estimate of drug-likeness (QED) is 0.192. The zero-order valence-electron chi connectivity index (χ0n) is 25.0. The molecule has 1 rings (SSSR count). The number of ether oxygens (including phenoxy) is 2. The van der Waals surface area contributed by atoms with Crippen molar-refractivity contribution < 1.29 is 33.8 Å². The van der Waals surface area contributed by atoms with Gasteiger partial charge in [0.2, 0.25) is 11.8 Å². The molecule has 11 heteroatoms. The standard InChI is InChI=1S/C29H47N3O7S/c1-8-9-10-11-12-16-32(27(36)22(15-17-40-7)31-28(37)39-29(3,4)5)25(26(35)30-19-24(34)38-6)21-13-14-23(33)20(2)18-21/h13-14,18,22,25,33H,8-12,15-17,19H2,1-7H3,(H,30,35)(H,31,37). The van der Waals surface area contributed by atoms with Crippen molar-refractivity contribution in [3.63, 3.8) is 0 Å². The van der Waals surface area contributed by atoms with Crippen LogP contribution < -0.4 is 10.6 Å². The number of hydrogen-bond acceptors (Lipinski definition) is 8. The van der Waals surface area contributed by atoms with E-state index in [1.807, 2.05) is 6.26 Å². The van der Waals surface area contributed by atoms with Gasteiger partial charge >= 0.3 is 12.1 Å². The number of unbranched alkanes of at least 4 members (excludes halogenated alkanes) is 4. The zero-order valence-corrected chi connectivity index (χ0v) is 25.8. The fraction of sp³-hybridized carbons (Fsp3) is 0.655. The third kappa shape index (κ3) is 12.5. The van der Waals surface area contributed by atoms with Crippen molar-refractivity contribution in [3.8, 4) is 5.75 Å². The Bertz CT molecular complexity index is 981. The number of nitrogens with zero attached hydrogens (tertiary/aromatic N) is 1. The maximum Gasteiger partial charge on any atom is 0.408 e. The molecule has 0 fully saturated rings. The molecule has 226 valence electrons. The van der Waals surface area contributed by atoms with Crippen molar-refractivity contribution in [1.29, 1.82) is 0 Å². The van der Waals surface area contributed by atoms with E-state index in [1.165, 1.54) is 29.8 Å². The lowest BCUT2D eigenvalue weighted by Gasteiger charge is -2.34. The number of rotatable bonds is 16. The lowest BCUT2D eigenvalue weighted by molar-refractivity contribution is -0.144. The maximum atomic E-state index is 14.2. The lowest BCUT2D eigenvalue weighted by Crippen LogP contribution is -2.53. The van der Waals surface area contributed by atoms with E-state index in [0.717, 1.165) is 25.7 Å². The predicted molar refractivity (Wildman–Crippen MR) is 157 cm³/mol. The number of esters is 1. The number of methoxy groups -OCH3 is 1. The van der Waals surface area contributed by atoms with Crippen LogP contribution in [-0.2, 0) is 23.9 Å². The highest BCUT2D eigenvalue weighted by Gasteiger charge is 2.36. The van der Waals surface area contributed by atoms with E-state index in [2.05, 4.69) is 22.3 Å². The Balaban J connectivity index is 3.51. The molecule has 0 spiro atoms. The largest absolute Gasteiger partial charge is 0.508 e. The number of phenolic OH excluding ortho intramolecular Hbond substituents is 1. The minimum Gasteiger partial charge on any atom is -0.508 e. The van der Waals surface area contributed by atoms with Crippen LogP contribution in [0.25, 0.3) is 0 Å². The van der Waals surface area contributed by atoms with Gasteiger partial charge in [-0.3, -0.25) is 14.4 Å². The number of nitrogens with one attached hydrogen (secondary N) is 2. The van der Waals surface area contributed by atoms with Crippen molar-refractivity contribution in [1.82, 2.24) is 15.5 Å². The number of carbonyl (C=O) groups is 4. The second-order valence-electron chi connectivity index (χ2n) is 10.7. The normalized spacial score (nSPS) is 12.7. The Hall–Kier alpha value is -2.95. The molecule has 0 aromatic heterocycles. The molecular weight excluding hydrogens is 534 g/mol. The van der Waals surface area contributed by atoms with Gasteiger partial charge in [0, 0.05) is 6.54 Å². The molecule has 40 heavy (non-hydrogen) atoms. The van der Waals surface area contributed by atoms with Crippen LogP contribution in [0.1, 0.15) is 83.4 Å². The SMILES string of the molecule is CCCCCCCN(C(=O)C(CCSC)NC(=O)OC(C)(C)C)C(C(=O)NCC(=O)OC)c1ccc(O)c(C)c1. The van der Waals surface area contributed by atoms with E-state index >= 15 is 0 Å². The molecule has 1 aromatic rings. The number of thioether (sulfide) groups is 1. The Labute approximate surface area is 242 Å². The fourth-order valence-electron chi connectivity index (χ4n) is 4.05. The van der Waals surface area contributed by atoms with Crippen LogP contribution in [0.5, 0.6) is 5.75 Å². The summed E-state index contributed by atoms with van der Waals surface area (Å²) in [5.41, 5.74) is 0.251. The van der Waals surface area contributed by atoms with E-state index < -0.39 is 41.6 Å². The summed E-state index contributed by atoms with van der Waals surface area (Å²) < 4.78 is 10.1. The minimum atomic E-state index is -1.11. The third-order valence-electron chi connectivity index (χ3n) is 6.12. The van der Waals surface area contributed by atoms with Gasteiger partial charge in [-0.25, -0.2) is 4.79 Å². The van der Waals surface area contributed by atoms with Crippen molar-refractivity contribution in [2.75, 3.05) is 32.2 Å². The zero-order chi connectivity index (χ0) is 30.3. The summed E-state index contributed by atoms with van der Waals surface area (Å²) >= 11 is 1.53. The maximum absolute atomic E-state index is 14.2. The first-order valence-corrected chi connectivity index (χ1v) is 15.2. The number of carbonyl (C=O) groups excluding carboxylic acids is 4. The van der Waals surface area contributed by atoms with Gasteiger partial charge in [0.1, 0.15) is 30.0 Å². The second kappa shape index (κ2) is 17.7. The molecule has 10 nitrogen and oxygen atoms in total. The molecule has 3 N–H and O–H groups in total. The van der Waals surface area contributed by atoms with Gasteiger partial charge in [-0.1, -0.05) is 38.7 Å². The molecular formula is C29H47N3O7S. The van der Waals surface area contributed by atoms with Crippen LogP contribution in [0.2, 0.25) is 0 Å². The highest BCUT2D eigenvalue weighted by molar-refractivity contribution is 7.98. The third-order valence-corrected chi connectivity index (χ3v) is 6.76. The van der Waals surface area contributed by atoms with E-state index in [1.54, 1.807) is 39.8 Å². The van der Waals surface area contributed by atoms with Crippen molar-refractivity contribution in [2.45, 2.75) is 90.8 Å². The Morgan fingerprint density at radius 3 is 2.35 bits per heavy atom. The number of amides is 3. The number of hydrogen-bond donors (Lipinski definition) is 3. The molecule has 0 aliphatic heterocycles. The highest BCUT2D eigenvalue weighted by Crippen LogP contribution is 2.28. The molecule has 0 radical (unpaired) electrons. The van der Waals surface area contributed by atoms with Crippen molar-refractivity contribution >= 4 is 35.6 Å². The topological polar surface area (TPSA) is 134 Å². The summed E-state index contributed by atoms with van der Waals surface area (Å²) in [5.74, 6) is -0.985. The Morgan fingerprint density at radius 1 is 1.10 bits per heavy atom. The number of phenols is 1. The van der Waals surface area contributed by atoms with Crippen molar-refractivity contribution in [3.05, 3.63) is 29.3 Å². The number of aryl methyl sites for hydroxylation is 1. The monoisotopic (exact) mass is 581 g/mol. The Kier molecular flexibility index (Phi) is 15.5. The van der Waals surface area contributed by atoms with Crippen LogP contribution in [0.4, 0.5) is 4.79 Å².